The zero-order chi connectivity index (χ0) is 24.6. The zero-order valence-electron chi connectivity index (χ0n) is 19.7. The van der Waals surface area contributed by atoms with Gasteiger partial charge < -0.3 is 15.2 Å². The normalized spacial score (nSPS) is 10.7. The Morgan fingerprint density at radius 1 is 0.528 bits per heavy atom. The third-order valence-electron chi connectivity index (χ3n) is 5.55. The van der Waals surface area contributed by atoms with Gasteiger partial charge in [0.15, 0.2) is 11.6 Å². The molecule has 1 heterocycles. The van der Waals surface area contributed by atoms with E-state index < -0.39 is 0 Å². The lowest BCUT2D eigenvalue weighted by molar-refractivity contribution is 0.306. The fraction of sp³-hybridized carbons (Fsp3) is 0.100. The predicted octanol–water partition coefficient (Wildman–Crippen LogP) is 5.82. The molecule has 0 bridgehead atoms. The second kappa shape index (κ2) is 11.3. The fourth-order valence-electron chi connectivity index (χ4n) is 3.70. The molecule has 178 valence electrons. The van der Waals surface area contributed by atoms with Crippen LogP contribution in [0.1, 0.15) is 17.0 Å². The van der Waals surface area contributed by atoms with Gasteiger partial charge in [-0.05, 0) is 35.4 Å². The van der Waals surface area contributed by atoms with Crippen LogP contribution in [0, 0.1) is 0 Å². The predicted molar refractivity (Wildman–Crippen MR) is 140 cm³/mol. The number of aromatic nitrogens is 3. The van der Waals surface area contributed by atoms with E-state index in [-0.39, 0.29) is 6.54 Å². The lowest BCUT2D eigenvalue weighted by atomic mass is 10.1. The van der Waals surface area contributed by atoms with E-state index in [9.17, 15) is 0 Å². The first-order chi connectivity index (χ1) is 17.8. The van der Waals surface area contributed by atoms with Crippen LogP contribution >= 0.6 is 0 Å². The SMILES string of the molecule is NCc1nc(-c2cccc(OCc3ccccc3)c2)nc(-c2cccc(OCc3ccccc3)c2)n1. The molecule has 0 fully saturated rings. The number of benzene rings is 4. The van der Waals surface area contributed by atoms with Gasteiger partial charge >= 0.3 is 0 Å². The van der Waals surface area contributed by atoms with Gasteiger partial charge in [-0.15, -0.1) is 0 Å². The third kappa shape index (κ3) is 5.92. The summed E-state index contributed by atoms with van der Waals surface area (Å²) in [6.45, 7) is 1.17. The first kappa shape index (κ1) is 23.2. The van der Waals surface area contributed by atoms with Gasteiger partial charge in [0.1, 0.15) is 30.5 Å². The number of nitrogens with two attached hydrogens (primary N) is 1. The molecular weight excluding hydrogens is 448 g/mol. The van der Waals surface area contributed by atoms with Crippen LogP contribution in [0.25, 0.3) is 22.8 Å². The highest BCUT2D eigenvalue weighted by Gasteiger charge is 2.12. The highest BCUT2D eigenvalue weighted by atomic mass is 16.5. The molecule has 6 nitrogen and oxygen atoms in total. The van der Waals surface area contributed by atoms with Crippen molar-refractivity contribution in [3.05, 3.63) is 126 Å². The first-order valence-electron chi connectivity index (χ1n) is 11.8. The van der Waals surface area contributed by atoms with E-state index in [4.69, 9.17) is 20.2 Å². The largest absolute Gasteiger partial charge is 0.489 e. The van der Waals surface area contributed by atoms with Crippen LogP contribution < -0.4 is 15.2 Å². The van der Waals surface area contributed by atoms with Gasteiger partial charge in [0.25, 0.3) is 0 Å². The van der Waals surface area contributed by atoms with Crippen molar-refractivity contribution in [1.82, 2.24) is 15.0 Å². The molecule has 36 heavy (non-hydrogen) atoms. The molecule has 0 atom stereocenters. The quantitative estimate of drug-likeness (QED) is 0.290. The van der Waals surface area contributed by atoms with Crippen LogP contribution in [0.4, 0.5) is 0 Å². The van der Waals surface area contributed by atoms with Crippen molar-refractivity contribution in [2.24, 2.45) is 5.73 Å². The Kier molecular flexibility index (Phi) is 7.25. The first-order valence-corrected chi connectivity index (χ1v) is 11.8. The number of hydrogen-bond donors (Lipinski definition) is 1. The van der Waals surface area contributed by atoms with Gasteiger partial charge in [-0.1, -0.05) is 84.9 Å². The molecule has 0 amide bonds. The Morgan fingerprint density at radius 3 is 1.44 bits per heavy atom. The maximum absolute atomic E-state index is 5.99. The van der Waals surface area contributed by atoms with E-state index in [1.165, 1.54) is 0 Å². The summed E-state index contributed by atoms with van der Waals surface area (Å²) < 4.78 is 12.0. The minimum atomic E-state index is 0.205. The topological polar surface area (TPSA) is 83.2 Å². The maximum Gasteiger partial charge on any atom is 0.163 e. The molecule has 0 spiro atoms. The lowest BCUT2D eigenvalue weighted by Crippen LogP contribution is -2.07. The van der Waals surface area contributed by atoms with Crippen molar-refractivity contribution in [2.45, 2.75) is 19.8 Å². The molecule has 5 rings (SSSR count). The molecule has 0 radical (unpaired) electrons. The Bertz CT molecular complexity index is 1320. The molecule has 1 aromatic heterocycles. The van der Waals surface area contributed by atoms with E-state index in [0.29, 0.717) is 30.7 Å². The summed E-state index contributed by atoms with van der Waals surface area (Å²) in [5, 5.41) is 0. The fourth-order valence-corrected chi connectivity index (χ4v) is 3.70. The average Bonchev–Trinajstić information content (AvgIpc) is 2.96. The van der Waals surface area contributed by atoms with Gasteiger partial charge in [-0.25, -0.2) is 15.0 Å². The molecular formula is C30H26N4O2. The molecule has 0 saturated heterocycles. The van der Waals surface area contributed by atoms with Gasteiger partial charge in [0.2, 0.25) is 0 Å². The minimum absolute atomic E-state index is 0.205. The average molecular weight is 475 g/mol. The second-order valence-corrected chi connectivity index (χ2v) is 8.21. The van der Waals surface area contributed by atoms with Crippen LogP contribution in [0.5, 0.6) is 11.5 Å². The van der Waals surface area contributed by atoms with Crippen LogP contribution in [0.15, 0.2) is 109 Å². The molecule has 4 aromatic carbocycles. The summed E-state index contributed by atoms with van der Waals surface area (Å²) in [6.07, 6.45) is 0. The van der Waals surface area contributed by atoms with Crippen molar-refractivity contribution >= 4 is 0 Å². The Hall–Kier alpha value is -4.55. The van der Waals surface area contributed by atoms with E-state index in [1.807, 2.05) is 109 Å². The highest BCUT2D eigenvalue weighted by molar-refractivity contribution is 5.63. The third-order valence-corrected chi connectivity index (χ3v) is 5.55. The van der Waals surface area contributed by atoms with Crippen LogP contribution in [-0.4, -0.2) is 15.0 Å². The van der Waals surface area contributed by atoms with Crippen LogP contribution in [0.3, 0.4) is 0 Å². The minimum Gasteiger partial charge on any atom is -0.489 e. The van der Waals surface area contributed by atoms with Gasteiger partial charge in [0.05, 0.1) is 6.54 Å². The van der Waals surface area contributed by atoms with Crippen molar-refractivity contribution in [3.8, 4) is 34.3 Å². The second-order valence-electron chi connectivity index (χ2n) is 8.21. The number of nitrogens with zero attached hydrogens (tertiary/aromatic N) is 3. The zero-order valence-corrected chi connectivity index (χ0v) is 19.7. The van der Waals surface area contributed by atoms with E-state index in [0.717, 1.165) is 33.8 Å². The maximum atomic E-state index is 5.99. The van der Waals surface area contributed by atoms with Crippen LogP contribution in [-0.2, 0) is 19.8 Å². The Labute approximate surface area is 210 Å². The molecule has 2 N–H and O–H groups in total. The molecule has 0 aliphatic carbocycles. The van der Waals surface area contributed by atoms with E-state index >= 15 is 0 Å². The number of hydrogen-bond acceptors (Lipinski definition) is 6. The molecule has 0 unspecified atom stereocenters. The monoisotopic (exact) mass is 474 g/mol. The van der Waals surface area contributed by atoms with E-state index in [2.05, 4.69) is 9.97 Å². The summed E-state index contributed by atoms with van der Waals surface area (Å²) in [5.41, 5.74) is 9.79. The van der Waals surface area contributed by atoms with E-state index in [1.54, 1.807) is 0 Å². The lowest BCUT2D eigenvalue weighted by Gasteiger charge is -2.11. The van der Waals surface area contributed by atoms with Crippen molar-refractivity contribution in [1.29, 1.82) is 0 Å². The summed E-state index contributed by atoms with van der Waals surface area (Å²) >= 11 is 0. The van der Waals surface area contributed by atoms with Crippen molar-refractivity contribution < 1.29 is 9.47 Å². The molecule has 0 aliphatic heterocycles. The number of ether oxygens (including phenoxy) is 2. The molecule has 0 saturated carbocycles. The van der Waals surface area contributed by atoms with Crippen molar-refractivity contribution in [3.63, 3.8) is 0 Å². The molecule has 0 aliphatic rings. The summed E-state index contributed by atoms with van der Waals surface area (Å²) in [6, 6.07) is 35.6. The number of rotatable bonds is 9. The summed E-state index contributed by atoms with van der Waals surface area (Å²) in [4.78, 5) is 13.9. The molecule has 5 aromatic rings. The highest BCUT2D eigenvalue weighted by Crippen LogP contribution is 2.26. The van der Waals surface area contributed by atoms with Gasteiger partial charge in [0, 0.05) is 11.1 Å². The van der Waals surface area contributed by atoms with Crippen molar-refractivity contribution in [2.75, 3.05) is 0 Å². The Balaban J connectivity index is 1.38. The van der Waals surface area contributed by atoms with Crippen LogP contribution in [0.2, 0.25) is 0 Å². The standard InChI is InChI=1S/C30H26N4O2/c31-19-28-32-29(24-13-7-15-26(17-24)35-20-22-9-3-1-4-10-22)34-30(33-28)25-14-8-16-27(18-25)36-21-23-11-5-2-6-12-23/h1-18H,19-21,31H2. The summed E-state index contributed by atoms with van der Waals surface area (Å²) in [5.74, 6) is 3.08. The smallest absolute Gasteiger partial charge is 0.163 e. The summed E-state index contributed by atoms with van der Waals surface area (Å²) in [7, 11) is 0. The van der Waals surface area contributed by atoms with Gasteiger partial charge in [-0.3, -0.25) is 0 Å². The molecule has 6 heteroatoms. The van der Waals surface area contributed by atoms with Gasteiger partial charge in [-0.2, -0.15) is 0 Å². The Morgan fingerprint density at radius 2 is 1.00 bits per heavy atom.